The molecule has 0 heterocycles. The molecule has 0 radical (unpaired) electrons. The van der Waals surface area contributed by atoms with E-state index in [1.54, 1.807) is 25.1 Å². The van der Waals surface area contributed by atoms with Gasteiger partial charge in [0, 0.05) is 6.54 Å². The second-order valence-electron chi connectivity index (χ2n) is 5.19. The molecule has 0 atom stereocenters. The summed E-state index contributed by atoms with van der Waals surface area (Å²) in [6, 6.07) is 5.19. The Bertz CT molecular complexity index is 453. The van der Waals surface area contributed by atoms with Gasteiger partial charge in [-0.15, -0.1) is 0 Å². The molecule has 0 spiro atoms. The summed E-state index contributed by atoms with van der Waals surface area (Å²) in [5, 5.41) is 12.7. The molecule has 4 N–H and O–H groups in total. The molecule has 0 saturated heterocycles. The van der Waals surface area contributed by atoms with Gasteiger partial charge in [-0.3, -0.25) is 4.79 Å². The Labute approximate surface area is 107 Å². The fraction of sp³-hybridized carbons (Fsp3) is 0.500. The Morgan fingerprint density at radius 3 is 2.83 bits per heavy atom. The number of carbonyl (C=O) groups excluding carboxylic acids is 1. The van der Waals surface area contributed by atoms with Gasteiger partial charge < -0.3 is 16.2 Å². The average molecular weight is 248 g/mol. The number of phenols is 1. The van der Waals surface area contributed by atoms with E-state index in [-0.39, 0.29) is 17.1 Å². The van der Waals surface area contributed by atoms with E-state index in [9.17, 15) is 9.90 Å². The van der Waals surface area contributed by atoms with Gasteiger partial charge in [-0.1, -0.05) is 12.1 Å². The molecule has 1 aliphatic rings. The van der Waals surface area contributed by atoms with Gasteiger partial charge >= 0.3 is 0 Å². The number of hydrogen-bond donors (Lipinski definition) is 3. The molecule has 4 nitrogen and oxygen atoms in total. The lowest BCUT2D eigenvalue weighted by Crippen LogP contribution is -2.31. The second kappa shape index (κ2) is 4.98. The van der Waals surface area contributed by atoms with E-state index in [1.807, 2.05) is 0 Å². The first-order valence-corrected chi connectivity index (χ1v) is 6.35. The first kappa shape index (κ1) is 12.9. The third-order valence-corrected chi connectivity index (χ3v) is 3.74. The third kappa shape index (κ3) is 2.64. The van der Waals surface area contributed by atoms with Gasteiger partial charge in [0.1, 0.15) is 5.75 Å². The van der Waals surface area contributed by atoms with E-state index in [2.05, 4.69) is 5.32 Å². The molecular formula is C14H20N2O2. The third-order valence-electron chi connectivity index (χ3n) is 3.74. The van der Waals surface area contributed by atoms with Gasteiger partial charge in [-0.05, 0) is 49.8 Å². The highest BCUT2D eigenvalue weighted by atomic mass is 16.3. The number of nitrogens with one attached hydrogen (secondary N) is 1. The number of rotatable bonds is 5. The summed E-state index contributed by atoms with van der Waals surface area (Å²) in [6.07, 6.45) is 3.21. The van der Waals surface area contributed by atoms with Crippen LogP contribution in [0.4, 0.5) is 0 Å². The maximum atomic E-state index is 12.0. The standard InChI is InChI=1S/C14H20N2O2/c1-10-3-2-4-11(12(10)17)13(18)16-9-14(5-6-14)7-8-15/h2-4,17H,5-9,15H2,1H3,(H,16,18). The number of aryl methyl sites for hydroxylation is 1. The van der Waals surface area contributed by atoms with Crippen molar-refractivity contribution in [3.05, 3.63) is 29.3 Å². The van der Waals surface area contributed by atoms with Crippen LogP contribution in [0.1, 0.15) is 35.2 Å². The molecule has 0 aliphatic heterocycles. The number of aromatic hydroxyl groups is 1. The van der Waals surface area contributed by atoms with Crippen LogP contribution < -0.4 is 11.1 Å². The number of amides is 1. The fourth-order valence-corrected chi connectivity index (χ4v) is 2.20. The van der Waals surface area contributed by atoms with Gasteiger partial charge in [-0.2, -0.15) is 0 Å². The molecule has 0 aromatic heterocycles. The van der Waals surface area contributed by atoms with E-state index in [0.717, 1.165) is 19.3 Å². The van der Waals surface area contributed by atoms with Crippen molar-refractivity contribution in [1.82, 2.24) is 5.32 Å². The summed E-state index contributed by atoms with van der Waals surface area (Å²) in [7, 11) is 0. The Balaban J connectivity index is 1.98. The summed E-state index contributed by atoms with van der Waals surface area (Å²) >= 11 is 0. The van der Waals surface area contributed by atoms with Crippen LogP contribution in [0.2, 0.25) is 0 Å². The zero-order valence-electron chi connectivity index (χ0n) is 10.7. The lowest BCUT2D eigenvalue weighted by atomic mass is 10.0. The normalized spacial score (nSPS) is 16.3. The largest absolute Gasteiger partial charge is 0.507 e. The van der Waals surface area contributed by atoms with E-state index < -0.39 is 0 Å². The minimum absolute atomic E-state index is 0.0682. The number of para-hydroxylation sites is 1. The minimum atomic E-state index is -0.209. The summed E-state index contributed by atoms with van der Waals surface area (Å²) in [5.41, 5.74) is 6.84. The highest BCUT2D eigenvalue weighted by Crippen LogP contribution is 2.47. The molecular weight excluding hydrogens is 228 g/mol. The van der Waals surface area contributed by atoms with Crippen LogP contribution in [0.5, 0.6) is 5.75 Å². The highest BCUT2D eigenvalue weighted by Gasteiger charge is 2.41. The van der Waals surface area contributed by atoms with E-state index in [1.165, 1.54) is 0 Å². The van der Waals surface area contributed by atoms with Crippen LogP contribution in [0.25, 0.3) is 0 Å². The maximum absolute atomic E-state index is 12.0. The van der Waals surface area contributed by atoms with Crippen molar-refractivity contribution in [2.75, 3.05) is 13.1 Å². The van der Waals surface area contributed by atoms with Crippen LogP contribution in [0.15, 0.2) is 18.2 Å². The second-order valence-corrected chi connectivity index (χ2v) is 5.19. The lowest BCUT2D eigenvalue weighted by molar-refractivity contribution is 0.0941. The van der Waals surface area contributed by atoms with Crippen LogP contribution in [-0.2, 0) is 0 Å². The highest BCUT2D eigenvalue weighted by molar-refractivity contribution is 5.97. The monoisotopic (exact) mass is 248 g/mol. The Morgan fingerprint density at radius 1 is 1.50 bits per heavy atom. The number of carbonyl (C=O) groups is 1. The molecule has 2 rings (SSSR count). The zero-order valence-corrected chi connectivity index (χ0v) is 10.7. The molecule has 1 amide bonds. The maximum Gasteiger partial charge on any atom is 0.255 e. The molecule has 0 unspecified atom stereocenters. The molecule has 1 aromatic carbocycles. The number of hydrogen-bond acceptors (Lipinski definition) is 3. The van der Waals surface area contributed by atoms with Gasteiger partial charge in [0.2, 0.25) is 0 Å². The molecule has 1 aliphatic carbocycles. The van der Waals surface area contributed by atoms with Crippen LogP contribution in [0.3, 0.4) is 0 Å². The smallest absolute Gasteiger partial charge is 0.255 e. The first-order valence-electron chi connectivity index (χ1n) is 6.35. The van der Waals surface area contributed by atoms with Gasteiger partial charge in [0.15, 0.2) is 0 Å². The topological polar surface area (TPSA) is 75.4 Å². The fourth-order valence-electron chi connectivity index (χ4n) is 2.20. The average Bonchev–Trinajstić information content (AvgIpc) is 3.11. The summed E-state index contributed by atoms with van der Waals surface area (Å²) < 4.78 is 0. The molecule has 1 fully saturated rings. The predicted octanol–water partition coefficient (Wildman–Crippen LogP) is 1.56. The van der Waals surface area contributed by atoms with E-state index in [0.29, 0.717) is 24.2 Å². The quantitative estimate of drug-likeness (QED) is 0.740. The van der Waals surface area contributed by atoms with Crippen molar-refractivity contribution in [3.8, 4) is 5.75 Å². The minimum Gasteiger partial charge on any atom is -0.507 e. The summed E-state index contributed by atoms with van der Waals surface area (Å²) in [5.74, 6) is -0.141. The molecule has 1 saturated carbocycles. The Hall–Kier alpha value is -1.55. The number of phenolic OH excluding ortho intramolecular Hbond substituents is 1. The van der Waals surface area contributed by atoms with Gasteiger partial charge in [0.05, 0.1) is 5.56 Å². The van der Waals surface area contributed by atoms with Crippen LogP contribution in [-0.4, -0.2) is 24.1 Å². The Morgan fingerprint density at radius 2 is 2.22 bits per heavy atom. The van der Waals surface area contributed by atoms with E-state index in [4.69, 9.17) is 5.73 Å². The van der Waals surface area contributed by atoms with E-state index >= 15 is 0 Å². The molecule has 4 heteroatoms. The molecule has 1 aromatic rings. The van der Waals surface area contributed by atoms with Gasteiger partial charge in [0.25, 0.3) is 5.91 Å². The van der Waals surface area contributed by atoms with Crippen molar-refractivity contribution in [2.45, 2.75) is 26.2 Å². The van der Waals surface area contributed by atoms with Crippen molar-refractivity contribution in [3.63, 3.8) is 0 Å². The van der Waals surface area contributed by atoms with Gasteiger partial charge in [-0.25, -0.2) is 0 Å². The molecule has 18 heavy (non-hydrogen) atoms. The molecule has 98 valence electrons. The predicted molar refractivity (Wildman–Crippen MR) is 70.5 cm³/mol. The molecule has 0 bridgehead atoms. The van der Waals surface area contributed by atoms with Crippen molar-refractivity contribution in [1.29, 1.82) is 0 Å². The lowest BCUT2D eigenvalue weighted by Gasteiger charge is -2.15. The van der Waals surface area contributed by atoms with Crippen LogP contribution >= 0.6 is 0 Å². The number of benzene rings is 1. The number of nitrogens with two attached hydrogens (primary N) is 1. The van der Waals surface area contributed by atoms with Crippen molar-refractivity contribution < 1.29 is 9.90 Å². The summed E-state index contributed by atoms with van der Waals surface area (Å²) in [4.78, 5) is 12.0. The summed E-state index contributed by atoms with van der Waals surface area (Å²) in [6.45, 7) is 3.09. The van der Waals surface area contributed by atoms with Crippen molar-refractivity contribution in [2.24, 2.45) is 11.1 Å². The zero-order chi connectivity index (χ0) is 13.2. The first-order chi connectivity index (χ1) is 8.58. The van der Waals surface area contributed by atoms with Crippen molar-refractivity contribution >= 4 is 5.91 Å². The Kier molecular flexibility index (Phi) is 3.57. The van der Waals surface area contributed by atoms with Crippen LogP contribution in [0, 0.1) is 12.3 Å². The SMILES string of the molecule is Cc1cccc(C(=O)NCC2(CCN)CC2)c1O.